The SMILES string of the molecule is CC1(C)CCC(NS(=O)(=O)c2ccc(C#N)nc2)CC1. The summed E-state index contributed by atoms with van der Waals surface area (Å²) in [6.07, 6.45) is 4.98. The Hall–Kier alpha value is -1.45. The normalized spacial score (nSPS) is 19.4. The van der Waals surface area contributed by atoms with Gasteiger partial charge in [0.15, 0.2) is 0 Å². The lowest BCUT2D eigenvalue weighted by Crippen LogP contribution is -2.39. The van der Waals surface area contributed by atoms with Gasteiger partial charge in [-0.2, -0.15) is 5.26 Å². The summed E-state index contributed by atoms with van der Waals surface area (Å²) in [5.41, 5.74) is 0.515. The minimum atomic E-state index is -3.54. The van der Waals surface area contributed by atoms with Gasteiger partial charge >= 0.3 is 0 Å². The molecule has 1 heterocycles. The molecule has 0 aliphatic heterocycles. The molecule has 0 aromatic carbocycles. The number of hydrogen-bond donors (Lipinski definition) is 1. The van der Waals surface area contributed by atoms with Crippen LogP contribution in [0.5, 0.6) is 0 Å². The molecule has 1 fully saturated rings. The van der Waals surface area contributed by atoms with Crippen LogP contribution in [0.4, 0.5) is 0 Å². The molecule has 108 valence electrons. The number of pyridine rings is 1. The molecule has 5 nitrogen and oxygen atoms in total. The first-order chi connectivity index (χ1) is 9.32. The van der Waals surface area contributed by atoms with Crippen LogP contribution in [0.25, 0.3) is 0 Å². The number of nitrogens with zero attached hydrogens (tertiary/aromatic N) is 2. The molecule has 0 radical (unpaired) electrons. The van der Waals surface area contributed by atoms with E-state index < -0.39 is 10.0 Å². The van der Waals surface area contributed by atoms with Gasteiger partial charge in [0.05, 0.1) is 0 Å². The minimum absolute atomic E-state index is 0.0105. The summed E-state index contributed by atoms with van der Waals surface area (Å²) in [4.78, 5) is 3.91. The van der Waals surface area contributed by atoms with E-state index in [2.05, 4.69) is 23.6 Å². The lowest BCUT2D eigenvalue weighted by atomic mass is 9.76. The van der Waals surface area contributed by atoms with E-state index in [1.54, 1.807) is 0 Å². The molecule has 20 heavy (non-hydrogen) atoms. The second-order valence-corrected chi connectivity index (χ2v) is 7.76. The Labute approximate surface area is 120 Å². The highest BCUT2D eigenvalue weighted by Crippen LogP contribution is 2.35. The quantitative estimate of drug-likeness (QED) is 0.926. The summed E-state index contributed by atoms with van der Waals surface area (Å²) in [5, 5.41) is 8.66. The topological polar surface area (TPSA) is 82.9 Å². The van der Waals surface area contributed by atoms with E-state index in [-0.39, 0.29) is 16.6 Å². The molecular weight excluding hydrogens is 274 g/mol. The van der Waals surface area contributed by atoms with Gasteiger partial charge in [0.25, 0.3) is 0 Å². The second kappa shape index (κ2) is 5.51. The molecule has 6 heteroatoms. The highest BCUT2D eigenvalue weighted by Gasteiger charge is 2.29. The Kier molecular flexibility index (Phi) is 4.11. The zero-order valence-electron chi connectivity index (χ0n) is 11.8. The Morgan fingerprint density at radius 3 is 2.50 bits per heavy atom. The summed E-state index contributed by atoms with van der Waals surface area (Å²) < 4.78 is 27.2. The zero-order chi connectivity index (χ0) is 14.8. The monoisotopic (exact) mass is 293 g/mol. The molecule has 0 saturated heterocycles. The molecule has 2 rings (SSSR count). The Morgan fingerprint density at radius 2 is 2.00 bits per heavy atom. The van der Waals surface area contributed by atoms with Crippen LogP contribution in [-0.4, -0.2) is 19.4 Å². The first kappa shape index (κ1) is 14.9. The summed E-state index contributed by atoms with van der Waals surface area (Å²) in [7, 11) is -3.54. The average molecular weight is 293 g/mol. The summed E-state index contributed by atoms with van der Waals surface area (Å²) >= 11 is 0. The van der Waals surface area contributed by atoms with Crippen molar-refractivity contribution in [3.05, 3.63) is 24.0 Å². The van der Waals surface area contributed by atoms with Crippen molar-refractivity contribution >= 4 is 10.0 Å². The molecule has 1 N–H and O–H groups in total. The van der Waals surface area contributed by atoms with E-state index in [0.29, 0.717) is 5.41 Å². The first-order valence-corrected chi connectivity index (χ1v) is 8.19. The van der Waals surface area contributed by atoms with Crippen LogP contribution in [0.1, 0.15) is 45.2 Å². The van der Waals surface area contributed by atoms with Gasteiger partial charge in [0, 0.05) is 12.2 Å². The maximum Gasteiger partial charge on any atom is 0.242 e. The third-order valence-electron chi connectivity index (χ3n) is 3.82. The Morgan fingerprint density at radius 1 is 1.35 bits per heavy atom. The molecule has 0 unspecified atom stereocenters. The number of hydrogen-bond acceptors (Lipinski definition) is 4. The minimum Gasteiger partial charge on any atom is -0.244 e. The van der Waals surface area contributed by atoms with Crippen LogP contribution in [-0.2, 0) is 10.0 Å². The average Bonchev–Trinajstić information content (AvgIpc) is 2.41. The Bertz CT molecular complexity index is 605. The molecule has 1 saturated carbocycles. The number of nitriles is 1. The molecular formula is C14H19N3O2S. The maximum atomic E-state index is 12.2. The zero-order valence-corrected chi connectivity index (χ0v) is 12.6. The largest absolute Gasteiger partial charge is 0.244 e. The van der Waals surface area contributed by atoms with Gasteiger partial charge in [-0.1, -0.05) is 13.8 Å². The molecule has 0 bridgehead atoms. The van der Waals surface area contributed by atoms with E-state index in [1.807, 2.05) is 6.07 Å². The van der Waals surface area contributed by atoms with Gasteiger partial charge < -0.3 is 0 Å². The Balaban J connectivity index is 2.06. The van der Waals surface area contributed by atoms with Gasteiger partial charge in [-0.3, -0.25) is 0 Å². The fourth-order valence-electron chi connectivity index (χ4n) is 2.41. The van der Waals surface area contributed by atoms with Crippen molar-refractivity contribution in [3.8, 4) is 6.07 Å². The highest BCUT2D eigenvalue weighted by atomic mass is 32.2. The number of rotatable bonds is 3. The summed E-state index contributed by atoms with van der Waals surface area (Å²) in [6.45, 7) is 4.42. The van der Waals surface area contributed by atoms with Crippen molar-refractivity contribution in [1.29, 1.82) is 5.26 Å². The second-order valence-electron chi connectivity index (χ2n) is 6.05. The molecule has 1 aromatic heterocycles. The van der Waals surface area contributed by atoms with E-state index in [0.717, 1.165) is 25.7 Å². The molecule has 1 aromatic rings. The molecule has 0 spiro atoms. The van der Waals surface area contributed by atoms with Crippen LogP contribution in [0, 0.1) is 16.7 Å². The van der Waals surface area contributed by atoms with E-state index in [1.165, 1.54) is 18.3 Å². The molecule has 1 aliphatic carbocycles. The molecule has 1 aliphatic rings. The van der Waals surface area contributed by atoms with Crippen LogP contribution in [0.15, 0.2) is 23.2 Å². The van der Waals surface area contributed by atoms with Crippen molar-refractivity contribution < 1.29 is 8.42 Å². The van der Waals surface area contributed by atoms with Gasteiger partial charge in [-0.05, 0) is 43.2 Å². The number of sulfonamides is 1. The van der Waals surface area contributed by atoms with Crippen molar-refractivity contribution in [2.24, 2.45) is 5.41 Å². The van der Waals surface area contributed by atoms with Gasteiger partial charge in [-0.15, -0.1) is 0 Å². The van der Waals surface area contributed by atoms with Crippen molar-refractivity contribution in [2.45, 2.75) is 50.5 Å². The number of aromatic nitrogens is 1. The van der Waals surface area contributed by atoms with Crippen LogP contribution in [0.2, 0.25) is 0 Å². The standard InChI is InChI=1S/C14H19N3O2S/c1-14(2)7-5-11(6-8-14)17-20(18,19)13-4-3-12(9-15)16-10-13/h3-4,10-11,17H,5-8H2,1-2H3. The van der Waals surface area contributed by atoms with Crippen molar-refractivity contribution in [2.75, 3.05) is 0 Å². The van der Waals surface area contributed by atoms with Crippen LogP contribution < -0.4 is 4.72 Å². The lowest BCUT2D eigenvalue weighted by molar-refractivity contribution is 0.218. The third kappa shape index (κ3) is 3.56. The summed E-state index contributed by atoms with van der Waals surface area (Å²) in [6, 6.07) is 4.69. The molecule has 0 amide bonds. The molecule has 0 atom stereocenters. The predicted octanol–water partition coefficient (Wildman–Crippen LogP) is 2.20. The van der Waals surface area contributed by atoms with Crippen LogP contribution >= 0.6 is 0 Å². The van der Waals surface area contributed by atoms with Gasteiger partial charge in [0.2, 0.25) is 10.0 Å². The van der Waals surface area contributed by atoms with Gasteiger partial charge in [0.1, 0.15) is 16.7 Å². The first-order valence-electron chi connectivity index (χ1n) is 6.71. The van der Waals surface area contributed by atoms with Crippen molar-refractivity contribution in [3.63, 3.8) is 0 Å². The van der Waals surface area contributed by atoms with E-state index in [9.17, 15) is 8.42 Å². The third-order valence-corrected chi connectivity index (χ3v) is 5.33. The fraction of sp³-hybridized carbons (Fsp3) is 0.571. The smallest absolute Gasteiger partial charge is 0.242 e. The fourth-order valence-corrected chi connectivity index (χ4v) is 3.66. The van der Waals surface area contributed by atoms with E-state index in [4.69, 9.17) is 5.26 Å². The van der Waals surface area contributed by atoms with Crippen molar-refractivity contribution in [1.82, 2.24) is 9.71 Å². The van der Waals surface area contributed by atoms with Crippen LogP contribution in [0.3, 0.4) is 0 Å². The van der Waals surface area contributed by atoms with E-state index >= 15 is 0 Å². The highest BCUT2D eigenvalue weighted by molar-refractivity contribution is 7.89. The lowest BCUT2D eigenvalue weighted by Gasteiger charge is -2.34. The predicted molar refractivity (Wildman–Crippen MR) is 75.3 cm³/mol. The van der Waals surface area contributed by atoms with Gasteiger partial charge in [-0.25, -0.2) is 18.1 Å². The maximum absolute atomic E-state index is 12.2. The number of nitrogens with one attached hydrogen (secondary N) is 1. The summed E-state index contributed by atoms with van der Waals surface area (Å²) in [5.74, 6) is 0.